The van der Waals surface area contributed by atoms with Gasteiger partial charge in [-0.05, 0) is 25.5 Å². The van der Waals surface area contributed by atoms with E-state index in [0.717, 1.165) is 31.4 Å². The molecule has 2 rings (SSSR count). The number of benzene rings is 1. The molecule has 92 valence electrons. The van der Waals surface area contributed by atoms with Crippen molar-refractivity contribution in [2.75, 3.05) is 11.9 Å². The number of aliphatic hydroxyl groups excluding tert-OH is 1. The summed E-state index contributed by atoms with van der Waals surface area (Å²) >= 11 is 0. The second-order valence-corrected chi connectivity index (χ2v) is 4.31. The van der Waals surface area contributed by atoms with E-state index in [1.807, 2.05) is 24.3 Å². The van der Waals surface area contributed by atoms with E-state index < -0.39 is 0 Å². The van der Waals surface area contributed by atoms with Gasteiger partial charge in [-0.1, -0.05) is 24.6 Å². The summed E-state index contributed by atoms with van der Waals surface area (Å²) in [7, 11) is 0. The van der Waals surface area contributed by atoms with Crippen LogP contribution in [-0.2, 0) is 11.4 Å². The Morgan fingerprint density at radius 2 is 2.24 bits per heavy atom. The van der Waals surface area contributed by atoms with E-state index in [1.54, 1.807) is 0 Å². The molecule has 0 saturated carbocycles. The molecule has 1 fully saturated rings. The van der Waals surface area contributed by atoms with Crippen molar-refractivity contribution in [3.8, 4) is 0 Å². The van der Waals surface area contributed by atoms with Gasteiger partial charge in [0.15, 0.2) is 0 Å². The first-order valence-electron chi connectivity index (χ1n) is 6.04. The van der Waals surface area contributed by atoms with E-state index in [2.05, 4.69) is 10.6 Å². The first-order chi connectivity index (χ1) is 8.31. The van der Waals surface area contributed by atoms with E-state index >= 15 is 0 Å². The Kier molecular flexibility index (Phi) is 4.12. The van der Waals surface area contributed by atoms with Crippen molar-refractivity contribution >= 4 is 11.6 Å². The fourth-order valence-electron chi connectivity index (χ4n) is 2.08. The predicted molar refractivity (Wildman–Crippen MR) is 66.6 cm³/mol. The van der Waals surface area contributed by atoms with Gasteiger partial charge in [0.1, 0.15) is 0 Å². The van der Waals surface area contributed by atoms with Crippen molar-refractivity contribution in [2.45, 2.75) is 31.9 Å². The van der Waals surface area contributed by atoms with Crippen molar-refractivity contribution in [3.05, 3.63) is 29.8 Å². The van der Waals surface area contributed by atoms with Crippen LogP contribution in [0.3, 0.4) is 0 Å². The average molecular weight is 234 g/mol. The van der Waals surface area contributed by atoms with Gasteiger partial charge in [-0.3, -0.25) is 4.79 Å². The fourth-order valence-corrected chi connectivity index (χ4v) is 2.08. The zero-order chi connectivity index (χ0) is 12.1. The van der Waals surface area contributed by atoms with Crippen molar-refractivity contribution in [3.63, 3.8) is 0 Å². The number of anilines is 1. The molecule has 1 aliphatic rings. The number of nitrogens with one attached hydrogen (secondary N) is 2. The van der Waals surface area contributed by atoms with Crippen molar-refractivity contribution in [1.29, 1.82) is 0 Å². The number of hydrogen-bond acceptors (Lipinski definition) is 3. The topological polar surface area (TPSA) is 61.4 Å². The Morgan fingerprint density at radius 1 is 1.41 bits per heavy atom. The summed E-state index contributed by atoms with van der Waals surface area (Å²) in [6.45, 7) is 0.842. The maximum absolute atomic E-state index is 12.0. The Labute approximate surface area is 101 Å². The van der Waals surface area contributed by atoms with Crippen LogP contribution in [0.2, 0.25) is 0 Å². The standard InChI is InChI=1S/C13H18N2O2/c16-9-10-5-1-2-6-11(10)15-13(17)12-7-3-4-8-14-12/h1-2,5-6,12,14,16H,3-4,7-9H2,(H,15,17). The van der Waals surface area contributed by atoms with Crippen LogP contribution in [0.5, 0.6) is 0 Å². The predicted octanol–water partition coefficient (Wildman–Crippen LogP) is 1.26. The van der Waals surface area contributed by atoms with Gasteiger partial charge < -0.3 is 15.7 Å². The first kappa shape index (κ1) is 12.1. The number of carbonyl (C=O) groups excluding carboxylic acids is 1. The minimum absolute atomic E-state index is 0.00870. The van der Waals surface area contributed by atoms with Gasteiger partial charge in [-0.2, -0.15) is 0 Å². The summed E-state index contributed by atoms with van der Waals surface area (Å²) in [5.41, 5.74) is 1.45. The van der Waals surface area contributed by atoms with E-state index in [1.165, 1.54) is 0 Å². The molecule has 1 aliphatic heterocycles. The Balaban J connectivity index is 2.01. The fraction of sp³-hybridized carbons (Fsp3) is 0.462. The van der Waals surface area contributed by atoms with Gasteiger partial charge in [0.2, 0.25) is 5.91 Å². The molecule has 1 saturated heterocycles. The largest absolute Gasteiger partial charge is 0.392 e. The van der Waals surface area contributed by atoms with E-state index in [-0.39, 0.29) is 18.6 Å². The molecule has 0 aromatic heterocycles. The lowest BCUT2D eigenvalue weighted by Gasteiger charge is -2.23. The minimum atomic E-state index is -0.101. The number of carbonyl (C=O) groups is 1. The van der Waals surface area contributed by atoms with Gasteiger partial charge in [0, 0.05) is 11.3 Å². The van der Waals surface area contributed by atoms with Crippen molar-refractivity contribution in [1.82, 2.24) is 5.32 Å². The summed E-state index contributed by atoms with van der Waals surface area (Å²) < 4.78 is 0. The molecule has 1 amide bonds. The Morgan fingerprint density at radius 3 is 2.94 bits per heavy atom. The Bertz CT molecular complexity index is 387. The molecule has 0 aliphatic carbocycles. The normalized spacial score (nSPS) is 19.9. The number of amides is 1. The lowest BCUT2D eigenvalue weighted by atomic mass is 10.0. The molecule has 0 spiro atoms. The quantitative estimate of drug-likeness (QED) is 0.738. The van der Waals surface area contributed by atoms with Crippen LogP contribution in [0.15, 0.2) is 24.3 Å². The summed E-state index contributed by atoms with van der Waals surface area (Å²) in [6, 6.07) is 7.22. The van der Waals surface area contributed by atoms with Gasteiger partial charge in [-0.15, -0.1) is 0 Å². The summed E-state index contributed by atoms with van der Waals surface area (Å²) in [5, 5.41) is 15.2. The monoisotopic (exact) mass is 234 g/mol. The van der Waals surface area contributed by atoms with Crippen LogP contribution in [0.1, 0.15) is 24.8 Å². The van der Waals surface area contributed by atoms with Crippen LogP contribution >= 0.6 is 0 Å². The zero-order valence-corrected chi connectivity index (χ0v) is 9.78. The van der Waals surface area contributed by atoms with Gasteiger partial charge in [0.25, 0.3) is 0 Å². The maximum Gasteiger partial charge on any atom is 0.241 e. The van der Waals surface area contributed by atoms with Crippen molar-refractivity contribution in [2.24, 2.45) is 0 Å². The SMILES string of the molecule is O=C(Nc1ccccc1CO)C1CCCCN1. The molecule has 1 atom stereocenters. The van der Waals surface area contributed by atoms with E-state index in [9.17, 15) is 9.90 Å². The number of rotatable bonds is 3. The third-order valence-corrected chi connectivity index (χ3v) is 3.07. The molecule has 0 radical (unpaired) electrons. The zero-order valence-electron chi connectivity index (χ0n) is 9.78. The molecule has 1 aromatic carbocycles. The second kappa shape index (κ2) is 5.80. The molecule has 1 heterocycles. The summed E-state index contributed by atoms with van der Waals surface area (Å²) in [4.78, 5) is 12.0. The summed E-state index contributed by atoms with van der Waals surface area (Å²) in [5.74, 6) is -0.00870. The number of piperidine rings is 1. The molecule has 4 heteroatoms. The second-order valence-electron chi connectivity index (χ2n) is 4.31. The van der Waals surface area contributed by atoms with Crippen LogP contribution in [0, 0.1) is 0 Å². The highest BCUT2D eigenvalue weighted by atomic mass is 16.3. The number of hydrogen-bond donors (Lipinski definition) is 3. The van der Waals surface area contributed by atoms with Crippen LogP contribution in [-0.4, -0.2) is 23.6 Å². The van der Waals surface area contributed by atoms with E-state index in [0.29, 0.717) is 5.69 Å². The van der Waals surface area contributed by atoms with Gasteiger partial charge in [-0.25, -0.2) is 0 Å². The average Bonchev–Trinajstić information content (AvgIpc) is 2.40. The van der Waals surface area contributed by atoms with Crippen LogP contribution < -0.4 is 10.6 Å². The van der Waals surface area contributed by atoms with E-state index in [4.69, 9.17) is 0 Å². The van der Waals surface area contributed by atoms with Crippen LogP contribution in [0.25, 0.3) is 0 Å². The molecule has 4 nitrogen and oxygen atoms in total. The lowest BCUT2D eigenvalue weighted by Crippen LogP contribution is -2.43. The highest BCUT2D eigenvalue weighted by molar-refractivity contribution is 5.95. The van der Waals surface area contributed by atoms with Crippen LogP contribution in [0.4, 0.5) is 5.69 Å². The molecular formula is C13H18N2O2. The number of para-hydroxylation sites is 1. The molecule has 0 bridgehead atoms. The molecule has 1 unspecified atom stereocenters. The molecule has 17 heavy (non-hydrogen) atoms. The first-order valence-corrected chi connectivity index (χ1v) is 6.04. The van der Waals surface area contributed by atoms with Gasteiger partial charge in [0.05, 0.1) is 12.6 Å². The Hall–Kier alpha value is -1.39. The molecule has 1 aromatic rings. The number of aliphatic hydroxyl groups is 1. The summed E-state index contributed by atoms with van der Waals surface area (Å²) in [6.07, 6.45) is 3.11. The third kappa shape index (κ3) is 3.05. The lowest BCUT2D eigenvalue weighted by molar-refractivity contribution is -0.118. The molecular weight excluding hydrogens is 216 g/mol. The highest BCUT2D eigenvalue weighted by Gasteiger charge is 2.20. The smallest absolute Gasteiger partial charge is 0.241 e. The molecule has 3 N–H and O–H groups in total. The highest BCUT2D eigenvalue weighted by Crippen LogP contribution is 2.16. The van der Waals surface area contributed by atoms with Crippen molar-refractivity contribution < 1.29 is 9.90 Å². The maximum atomic E-state index is 12.0. The minimum Gasteiger partial charge on any atom is -0.392 e. The van der Waals surface area contributed by atoms with Gasteiger partial charge >= 0.3 is 0 Å². The third-order valence-electron chi connectivity index (χ3n) is 3.07.